The van der Waals surface area contributed by atoms with Crippen LogP contribution in [0.2, 0.25) is 5.02 Å². The molecule has 0 aliphatic rings. The lowest BCUT2D eigenvalue weighted by atomic mass is 10.1. The zero-order valence-corrected chi connectivity index (χ0v) is 10.7. The summed E-state index contributed by atoms with van der Waals surface area (Å²) >= 11 is 6.86. The zero-order chi connectivity index (χ0) is 13.0. The molecular weight excluding hydrogens is 276 g/mol. The van der Waals surface area contributed by atoms with Crippen molar-refractivity contribution >= 4 is 29.3 Å². The fraction of sp³-hybridized carbons (Fsp3) is 0.182. The molecule has 5 nitrogen and oxygen atoms in total. The van der Waals surface area contributed by atoms with Gasteiger partial charge < -0.3 is 9.63 Å². The summed E-state index contributed by atoms with van der Waals surface area (Å²) in [4.78, 5) is 14.5. The van der Waals surface area contributed by atoms with Crippen LogP contribution in [0.5, 0.6) is 0 Å². The highest BCUT2D eigenvalue weighted by Crippen LogP contribution is 2.17. The Bertz CT molecular complexity index is 559. The van der Waals surface area contributed by atoms with Crippen LogP contribution in [-0.2, 0) is 11.2 Å². The summed E-state index contributed by atoms with van der Waals surface area (Å²) in [5.74, 6) is -0.515. The summed E-state index contributed by atoms with van der Waals surface area (Å²) in [5, 5.41) is 13.2. The van der Waals surface area contributed by atoms with E-state index in [1.807, 2.05) is 18.2 Å². The van der Waals surface area contributed by atoms with Crippen molar-refractivity contribution < 1.29 is 14.4 Å². The van der Waals surface area contributed by atoms with Crippen molar-refractivity contribution in [2.75, 3.05) is 5.75 Å². The van der Waals surface area contributed by atoms with Crippen LogP contribution in [0.4, 0.5) is 0 Å². The Morgan fingerprint density at radius 2 is 2.33 bits per heavy atom. The van der Waals surface area contributed by atoms with Crippen molar-refractivity contribution in [3.05, 3.63) is 40.7 Å². The topological polar surface area (TPSA) is 76.2 Å². The number of nitrogens with zero attached hydrogens (tertiary/aromatic N) is 2. The van der Waals surface area contributed by atoms with Crippen molar-refractivity contribution in [3.63, 3.8) is 0 Å². The van der Waals surface area contributed by atoms with Gasteiger partial charge in [0, 0.05) is 11.4 Å². The van der Waals surface area contributed by atoms with Gasteiger partial charge in [-0.2, -0.15) is 4.98 Å². The fourth-order valence-electron chi connectivity index (χ4n) is 1.32. The third kappa shape index (κ3) is 3.75. The summed E-state index contributed by atoms with van der Waals surface area (Å²) in [6, 6.07) is 7.36. The van der Waals surface area contributed by atoms with Crippen LogP contribution in [0.1, 0.15) is 11.4 Å². The van der Waals surface area contributed by atoms with E-state index in [4.69, 9.17) is 21.2 Å². The van der Waals surface area contributed by atoms with E-state index in [-0.39, 0.29) is 11.0 Å². The standard InChI is InChI=1S/C11H9ClN2O3S/c12-8-3-1-2-7(4-8)5-9-13-11(17-14-9)18-6-10(15)16/h1-4H,5-6H2,(H,15,16). The molecule has 7 heteroatoms. The van der Waals surface area contributed by atoms with Gasteiger partial charge in [0.05, 0.1) is 0 Å². The van der Waals surface area contributed by atoms with Crippen molar-refractivity contribution in [2.45, 2.75) is 11.6 Å². The van der Waals surface area contributed by atoms with E-state index in [0.29, 0.717) is 17.3 Å². The van der Waals surface area contributed by atoms with Gasteiger partial charge in [0.15, 0.2) is 5.82 Å². The number of rotatable bonds is 5. The van der Waals surface area contributed by atoms with Gasteiger partial charge in [0.25, 0.3) is 5.22 Å². The molecule has 0 fully saturated rings. The average molecular weight is 285 g/mol. The van der Waals surface area contributed by atoms with Crippen LogP contribution in [0.3, 0.4) is 0 Å². The number of benzene rings is 1. The van der Waals surface area contributed by atoms with E-state index in [1.54, 1.807) is 6.07 Å². The van der Waals surface area contributed by atoms with Crippen LogP contribution < -0.4 is 0 Å². The number of aromatic nitrogens is 2. The molecule has 1 heterocycles. The number of carboxylic acids is 1. The molecule has 0 spiro atoms. The molecule has 2 rings (SSSR count). The number of thioether (sulfide) groups is 1. The zero-order valence-electron chi connectivity index (χ0n) is 9.17. The van der Waals surface area contributed by atoms with Gasteiger partial charge in [-0.25, -0.2) is 0 Å². The van der Waals surface area contributed by atoms with Crippen molar-refractivity contribution in [2.24, 2.45) is 0 Å². The minimum atomic E-state index is -0.922. The van der Waals surface area contributed by atoms with Crippen LogP contribution in [0.15, 0.2) is 34.0 Å². The second-order valence-electron chi connectivity index (χ2n) is 3.47. The number of halogens is 1. The summed E-state index contributed by atoms with van der Waals surface area (Å²) in [5.41, 5.74) is 0.970. The number of carbonyl (C=O) groups is 1. The first-order chi connectivity index (χ1) is 8.63. The van der Waals surface area contributed by atoms with Gasteiger partial charge in [0.1, 0.15) is 5.75 Å². The van der Waals surface area contributed by atoms with E-state index in [1.165, 1.54) is 0 Å². The molecule has 0 saturated carbocycles. The molecule has 0 saturated heterocycles. The predicted molar refractivity (Wildman–Crippen MR) is 66.9 cm³/mol. The molecule has 0 aliphatic heterocycles. The maximum absolute atomic E-state index is 10.4. The number of aliphatic carboxylic acids is 1. The minimum absolute atomic E-state index is 0.0984. The molecule has 18 heavy (non-hydrogen) atoms. The molecule has 1 aromatic carbocycles. The van der Waals surface area contributed by atoms with E-state index in [0.717, 1.165) is 17.3 Å². The van der Waals surface area contributed by atoms with Gasteiger partial charge in [-0.15, -0.1) is 0 Å². The first kappa shape index (κ1) is 12.9. The monoisotopic (exact) mass is 284 g/mol. The van der Waals surface area contributed by atoms with E-state index >= 15 is 0 Å². The molecule has 0 unspecified atom stereocenters. The minimum Gasteiger partial charge on any atom is -0.481 e. The van der Waals surface area contributed by atoms with E-state index < -0.39 is 5.97 Å². The summed E-state index contributed by atoms with van der Waals surface area (Å²) in [6.45, 7) is 0. The van der Waals surface area contributed by atoms with Gasteiger partial charge in [-0.05, 0) is 17.7 Å². The number of hydrogen-bond donors (Lipinski definition) is 1. The van der Waals surface area contributed by atoms with Gasteiger partial charge in [0.2, 0.25) is 0 Å². The molecule has 94 valence electrons. The van der Waals surface area contributed by atoms with Crippen molar-refractivity contribution in [1.29, 1.82) is 0 Å². The molecular formula is C11H9ClN2O3S. The largest absolute Gasteiger partial charge is 0.481 e. The quantitative estimate of drug-likeness (QED) is 0.850. The summed E-state index contributed by atoms with van der Waals surface area (Å²) in [7, 11) is 0. The predicted octanol–water partition coefficient (Wildman–Crippen LogP) is 2.49. The third-order valence-electron chi connectivity index (χ3n) is 2.02. The molecule has 0 atom stereocenters. The highest BCUT2D eigenvalue weighted by molar-refractivity contribution is 7.99. The molecule has 1 N–H and O–H groups in total. The Morgan fingerprint density at radius 3 is 3.06 bits per heavy atom. The van der Waals surface area contributed by atoms with Crippen LogP contribution >= 0.6 is 23.4 Å². The average Bonchev–Trinajstić information content (AvgIpc) is 2.74. The van der Waals surface area contributed by atoms with Gasteiger partial charge >= 0.3 is 5.97 Å². The SMILES string of the molecule is O=C(O)CSc1nc(Cc2cccc(Cl)c2)no1. The molecule has 1 aromatic heterocycles. The van der Waals surface area contributed by atoms with E-state index in [2.05, 4.69) is 10.1 Å². The Labute approximate surface area is 112 Å². The number of hydrogen-bond acceptors (Lipinski definition) is 5. The maximum atomic E-state index is 10.4. The first-order valence-corrected chi connectivity index (χ1v) is 6.41. The van der Waals surface area contributed by atoms with Crippen LogP contribution in [0.25, 0.3) is 0 Å². The lowest BCUT2D eigenvalue weighted by Gasteiger charge is -1.96. The lowest BCUT2D eigenvalue weighted by molar-refractivity contribution is -0.133. The highest BCUT2D eigenvalue weighted by Gasteiger charge is 2.09. The smallest absolute Gasteiger partial charge is 0.314 e. The Kier molecular flexibility index (Phi) is 4.22. The molecule has 0 amide bonds. The lowest BCUT2D eigenvalue weighted by Crippen LogP contribution is -1.97. The molecule has 2 aromatic rings. The van der Waals surface area contributed by atoms with Gasteiger partial charge in [-0.1, -0.05) is 40.7 Å². The third-order valence-corrected chi connectivity index (χ3v) is 3.06. The second kappa shape index (κ2) is 5.88. The number of carboxylic acid groups (broad SMARTS) is 1. The fourth-order valence-corrected chi connectivity index (χ4v) is 2.04. The Balaban J connectivity index is 2.00. The summed E-state index contributed by atoms with van der Waals surface area (Å²) in [6.07, 6.45) is 0.498. The van der Waals surface area contributed by atoms with Crippen LogP contribution in [-0.4, -0.2) is 27.0 Å². The molecule has 0 radical (unpaired) electrons. The summed E-state index contributed by atoms with van der Waals surface area (Å²) < 4.78 is 4.92. The van der Waals surface area contributed by atoms with Crippen LogP contribution in [0, 0.1) is 0 Å². The maximum Gasteiger partial charge on any atom is 0.314 e. The van der Waals surface area contributed by atoms with E-state index in [9.17, 15) is 4.79 Å². The van der Waals surface area contributed by atoms with Gasteiger partial charge in [-0.3, -0.25) is 4.79 Å². The Morgan fingerprint density at radius 1 is 1.50 bits per heavy atom. The van der Waals surface area contributed by atoms with Crippen molar-refractivity contribution in [3.8, 4) is 0 Å². The Hall–Kier alpha value is -1.53. The second-order valence-corrected chi connectivity index (χ2v) is 4.83. The molecule has 0 aliphatic carbocycles. The molecule has 0 bridgehead atoms. The van der Waals surface area contributed by atoms with Crippen molar-refractivity contribution in [1.82, 2.24) is 10.1 Å². The highest BCUT2D eigenvalue weighted by atomic mass is 35.5. The first-order valence-electron chi connectivity index (χ1n) is 5.05. The normalized spacial score (nSPS) is 10.5.